The van der Waals surface area contributed by atoms with Crippen molar-refractivity contribution >= 4 is 5.97 Å². The molecule has 1 aromatic rings. The first kappa shape index (κ1) is 11.0. The van der Waals surface area contributed by atoms with Crippen molar-refractivity contribution < 1.29 is 14.6 Å². The molecule has 0 saturated carbocycles. The van der Waals surface area contributed by atoms with Crippen molar-refractivity contribution in [3.05, 3.63) is 28.8 Å². The first-order valence-corrected chi connectivity index (χ1v) is 4.18. The minimum Gasteiger partial charge on any atom is -0.507 e. The van der Waals surface area contributed by atoms with Crippen LogP contribution in [0.2, 0.25) is 0 Å². The molecule has 78 valence electrons. The van der Waals surface area contributed by atoms with Gasteiger partial charge in [-0.1, -0.05) is 0 Å². The lowest BCUT2D eigenvalue weighted by Crippen LogP contribution is -2.05. The van der Waals surface area contributed by atoms with Crippen LogP contribution in [-0.2, 0) is 11.3 Å². The Morgan fingerprint density at radius 3 is 2.80 bits per heavy atom. The summed E-state index contributed by atoms with van der Waals surface area (Å²) in [4.78, 5) is 11.2. The first-order valence-electron chi connectivity index (χ1n) is 4.18. The number of nitriles is 1. The predicted octanol–water partition coefficient (Wildman–Crippen LogP) is 0.509. The molecular weight excluding hydrogens is 196 g/mol. The Morgan fingerprint density at radius 2 is 2.33 bits per heavy atom. The van der Waals surface area contributed by atoms with Gasteiger partial charge in [0, 0.05) is 6.54 Å². The number of benzene rings is 1. The number of ether oxygens (including phenoxy) is 1. The van der Waals surface area contributed by atoms with E-state index in [2.05, 4.69) is 4.74 Å². The van der Waals surface area contributed by atoms with E-state index < -0.39 is 5.97 Å². The van der Waals surface area contributed by atoms with Gasteiger partial charge in [-0.2, -0.15) is 5.26 Å². The van der Waals surface area contributed by atoms with Gasteiger partial charge in [0.1, 0.15) is 11.3 Å². The number of carbonyl (C=O) groups excluding carboxylic acids is 1. The predicted molar refractivity (Wildman–Crippen MR) is 52.1 cm³/mol. The van der Waals surface area contributed by atoms with Crippen LogP contribution in [0.1, 0.15) is 21.5 Å². The molecular formula is C10H10N2O3. The summed E-state index contributed by atoms with van der Waals surface area (Å²) in [6.07, 6.45) is 0. The first-order chi connectivity index (χ1) is 7.13. The topological polar surface area (TPSA) is 96.3 Å². The van der Waals surface area contributed by atoms with Crippen LogP contribution in [0.15, 0.2) is 12.1 Å². The highest BCUT2D eigenvalue weighted by molar-refractivity contribution is 5.93. The minimum atomic E-state index is -0.687. The van der Waals surface area contributed by atoms with E-state index in [0.29, 0.717) is 5.56 Å². The number of nitrogens with two attached hydrogens (primary N) is 1. The van der Waals surface area contributed by atoms with Crippen LogP contribution in [-0.4, -0.2) is 18.2 Å². The zero-order valence-corrected chi connectivity index (χ0v) is 8.15. The SMILES string of the molecule is COC(=O)c1cc(C#N)c(CN)cc1O. The van der Waals surface area contributed by atoms with Crippen LogP contribution >= 0.6 is 0 Å². The lowest BCUT2D eigenvalue weighted by Gasteiger charge is -2.06. The zero-order valence-electron chi connectivity index (χ0n) is 8.15. The lowest BCUT2D eigenvalue weighted by molar-refractivity contribution is 0.0597. The van der Waals surface area contributed by atoms with Gasteiger partial charge in [-0.05, 0) is 17.7 Å². The normalized spacial score (nSPS) is 9.40. The van der Waals surface area contributed by atoms with Gasteiger partial charge in [0.2, 0.25) is 0 Å². The molecule has 0 saturated heterocycles. The molecule has 0 aliphatic heterocycles. The third-order valence-corrected chi connectivity index (χ3v) is 1.97. The summed E-state index contributed by atoms with van der Waals surface area (Å²) in [5.41, 5.74) is 6.09. The number of aromatic hydroxyl groups is 1. The molecule has 0 atom stereocenters. The average molecular weight is 206 g/mol. The highest BCUT2D eigenvalue weighted by atomic mass is 16.5. The van der Waals surface area contributed by atoms with Gasteiger partial charge in [-0.15, -0.1) is 0 Å². The summed E-state index contributed by atoms with van der Waals surface area (Å²) in [7, 11) is 1.20. The molecule has 0 bridgehead atoms. The quantitative estimate of drug-likeness (QED) is 0.687. The van der Waals surface area contributed by atoms with Crippen LogP contribution in [0.3, 0.4) is 0 Å². The molecule has 0 spiro atoms. The van der Waals surface area contributed by atoms with Gasteiger partial charge in [-0.25, -0.2) is 4.79 Å². The maximum absolute atomic E-state index is 11.2. The molecule has 5 heteroatoms. The maximum atomic E-state index is 11.2. The van der Waals surface area contributed by atoms with E-state index in [1.165, 1.54) is 19.2 Å². The maximum Gasteiger partial charge on any atom is 0.341 e. The number of esters is 1. The van der Waals surface area contributed by atoms with Crippen molar-refractivity contribution in [3.8, 4) is 11.8 Å². The number of nitrogens with zero attached hydrogens (tertiary/aromatic N) is 1. The van der Waals surface area contributed by atoms with E-state index in [9.17, 15) is 9.90 Å². The van der Waals surface area contributed by atoms with Gasteiger partial charge >= 0.3 is 5.97 Å². The molecule has 3 N–H and O–H groups in total. The summed E-state index contributed by atoms with van der Waals surface area (Å²) < 4.78 is 4.45. The molecule has 0 aliphatic rings. The molecule has 0 fully saturated rings. The molecule has 0 aromatic heterocycles. The number of methoxy groups -OCH3 is 1. The van der Waals surface area contributed by atoms with E-state index in [0.717, 1.165) is 0 Å². The Kier molecular flexibility index (Phi) is 3.26. The molecule has 0 amide bonds. The van der Waals surface area contributed by atoms with Crippen LogP contribution in [0.25, 0.3) is 0 Å². The van der Waals surface area contributed by atoms with E-state index in [-0.39, 0.29) is 23.4 Å². The lowest BCUT2D eigenvalue weighted by atomic mass is 10.0. The van der Waals surface area contributed by atoms with Crippen LogP contribution in [0, 0.1) is 11.3 Å². The fourth-order valence-electron chi connectivity index (χ4n) is 1.18. The molecule has 5 nitrogen and oxygen atoms in total. The van der Waals surface area contributed by atoms with E-state index in [1.807, 2.05) is 6.07 Å². The monoisotopic (exact) mass is 206 g/mol. The second-order valence-electron chi connectivity index (χ2n) is 2.83. The second-order valence-corrected chi connectivity index (χ2v) is 2.83. The highest BCUT2D eigenvalue weighted by Gasteiger charge is 2.14. The van der Waals surface area contributed by atoms with Crippen LogP contribution < -0.4 is 5.73 Å². The van der Waals surface area contributed by atoms with Crippen molar-refractivity contribution in [1.29, 1.82) is 5.26 Å². The smallest absolute Gasteiger partial charge is 0.341 e. The van der Waals surface area contributed by atoms with Crippen molar-refractivity contribution in [2.45, 2.75) is 6.54 Å². The largest absolute Gasteiger partial charge is 0.507 e. The van der Waals surface area contributed by atoms with Crippen molar-refractivity contribution in [2.75, 3.05) is 7.11 Å². The molecule has 0 aliphatic carbocycles. The van der Waals surface area contributed by atoms with E-state index >= 15 is 0 Å². The molecule has 0 radical (unpaired) electrons. The summed E-state index contributed by atoms with van der Waals surface area (Å²) >= 11 is 0. The Balaban J connectivity index is 3.33. The third kappa shape index (κ3) is 2.06. The van der Waals surface area contributed by atoms with Crippen molar-refractivity contribution in [3.63, 3.8) is 0 Å². The molecule has 0 heterocycles. The molecule has 0 unspecified atom stereocenters. The summed E-state index contributed by atoms with van der Waals surface area (Å²) in [6.45, 7) is 0.123. The summed E-state index contributed by atoms with van der Waals surface area (Å²) in [6, 6.07) is 4.46. The molecule has 15 heavy (non-hydrogen) atoms. The zero-order chi connectivity index (χ0) is 11.4. The Bertz CT molecular complexity index is 435. The van der Waals surface area contributed by atoms with E-state index in [1.54, 1.807) is 0 Å². The fraction of sp³-hybridized carbons (Fsp3) is 0.200. The number of carbonyl (C=O) groups is 1. The number of phenolic OH excluding ortho intramolecular Hbond substituents is 1. The third-order valence-electron chi connectivity index (χ3n) is 1.97. The number of phenols is 1. The highest BCUT2D eigenvalue weighted by Crippen LogP contribution is 2.22. The van der Waals surface area contributed by atoms with Gasteiger partial charge in [0.25, 0.3) is 0 Å². The van der Waals surface area contributed by atoms with Crippen LogP contribution in [0.5, 0.6) is 5.75 Å². The number of hydrogen-bond acceptors (Lipinski definition) is 5. The Labute approximate surface area is 86.7 Å². The summed E-state index contributed by atoms with van der Waals surface area (Å²) in [5, 5.41) is 18.3. The van der Waals surface area contributed by atoms with Gasteiger partial charge in [-0.3, -0.25) is 0 Å². The van der Waals surface area contributed by atoms with Gasteiger partial charge in [0.15, 0.2) is 0 Å². The summed E-state index contributed by atoms with van der Waals surface area (Å²) in [5.74, 6) is -0.922. The number of hydrogen-bond donors (Lipinski definition) is 2. The molecule has 1 aromatic carbocycles. The van der Waals surface area contributed by atoms with Crippen molar-refractivity contribution in [1.82, 2.24) is 0 Å². The van der Waals surface area contributed by atoms with Gasteiger partial charge < -0.3 is 15.6 Å². The Morgan fingerprint density at radius 1 is 1.67 bits per heavy atom. The number of rotatable bonds is 2. The van der Waals surface area contributed by atoms with E-state index in [4.69, 9.17) is 11.0 Å². The average Bonchev–Trinajstić information content (AvgIpc) is 2.27. The van der Waals surface area contributed by atoms with Crippen LogP contribution in [0.4, 0.5) is 0 Å². The second kappa shape index (κ2) is 4.44. The molecule has 1 rings (SSSR count). The Hall–Kier alpha value is -2.06. The van der Waals surface area contributed by atoms with Gasteiger partial charge in [0.05, 0.1) is 18.7 Å². The van der Waals surface area contributed by atoms with Crippen molar-refractivity contribution in [2.24, 2.45) is 5.73 Å². The standard InChI is InChI=1S/C10H10N2O3/c1-15-10(14)8-2-6(4-11)7(5-12)3-9(8)13/h2-3,13H,5,12H2,1H3. The minimum absolute atomic E-state index is 0.0359. The fourth-order valence-corrected chi connectivity index (χ4v) is 1.18.